The number of alkyl halides is 1. The fourth-order valence-corrected chi connectivity index (χ4v) is 5.20. The lowest BCUT2D eigenvalue weighted by atomic mass is 9.69. The van der Waals surface area contributed by atoms with Gasteiger partial charge in [0.1, 0.15) is 12.3 Å². The largest absolute Gasteiger partial charge is 0.462 e. The minimum atomic E-state index is -0.988. The van der Waals surface area contributed by atoms with E-state index in [0.717, 1.165) is 43.9 Å². The molecule has 0 aromatic heterocycles. The zero-order valence-corrected chi connectivity index (χ0v) is 15.5. The van der Waals surface area contributed by atoms with Gasteiger partial charge in [0.25, 0.3) is 0 Å². The number of hydrogen-bond donors (Lipinski definition) is 0. The molecule has 138 valence electrons. The van der Waals surface area contributed by atoms with Crippen LogP contribution < -0.4 is 0 Å². The lowest BCUT2D eigenvalue weighted by Gasteiger charge is -2.38. The van der Waals surface area contributed by atoms with Crippen molar-refractivity contribution < 1.29 is 13.9 Å². The Balaban J connectivity index is 1.45. The second-order valence-electron chi connectivity index (χ2n) is 9.03. The van der Waals surface area contributed by atoms with Crippen LogP contribution in [-0.4, -0.2) is 18.2 Å². The third kappa shape index (κ3) is 4.52. The van der Waals surface area contributed by atoms with E-state index < -0.39 is 12.1 Å². The number of carbonyl (C=O) groups excluding carboxylic acids is 1. The van der Waals surface area contributed by atoms with Gasteiger partial charge in [-0.2, -0.15) is 0 Å². The number of halogens is 1. The minimum Gasteiger partial charge on any atom is -0.462 e. The summed E-state index contributed by atoms with van der Waals surface area (Å²) in [6.07, 6.45) is 10.6. The van der Waals surface area contributed by atoms with Crippen molar-refractivity contribution in [3.05, 3.63) is 0 Å². The SMILES string of the molecule is CC1CCC(OC(=O)C2CCC(C3CCC(C)CC3)CC2F)CC1. The molecule has 0 heterocycles. The highest BCUT2D eigenvalue weighted by Gasteiger charge is 2.40. The third-order valence-electron chi connectivity index (χ3n) is 7.09. The van der Waals surface area contributed by atoms with Crippen molar-refractivity contribution in [1.82, 2.24) is 0 Å². The summed E-state index contributed by atoms with van der Waals surface area (Å²) < 4.78 is 20.4. The summed E-state index contributed by atoms with van der Waals surface area (Å²) in [5.41, 5.74) is 0. The molecule has 0 amide bonds. The molecule has 24 heavy (non-hydrogen) atoms. The van der Waals surface area contributed by atoms with E-state index in [-0.39, 0.29) is 12.1 Å². The fourth-order valence-electron chi connectivity index (χ4n) is 5.20. The number of carbonyl (C=O) groups is 1. The molecule has 0 saturated heterocycles. The van der Waals surface area contributed by atoms with E-state index in [4.69, 9.17) is 4.74 Å². The van der Waals surface area contributed by atoms with Gasteiger partial charge in [0.2, 0.25) is 0 Å². The highest BCUT2D eigenvalue weighted by molar-refractivity contribution is 5.73. The highest BCUT2D eigenvalue weighted by atomic mass is 19.1. The molecule has 0 bridgehead atoms. The summed E-state index contributed by atoms with van der Waals surface area (Å²) >= 11 is 0. The molecule has 3 rings (SSSR count). The van der Waals surface area contributed by atoms with Crippen LogP contribution in [0.4, 0.5) is 4.39 Å². The van der Waals surface area contributed by atoms with E-state index in [2.05, 4.69) is 13.8 Å². The van der Waals surface area contributed by atoms with Gasteiger partial charge < -0.3 is 4.74 Å². The van der Waals surface area contributed by atoms with Crippen molar-refractivity contribution >= 4 is 5.97 Å². The molecule has 3 fully saturated rings. The molecule has 3 aliphatic carbocycles. The first-order valence-corrected chi connectivity index (χ1v) is 10.4. The van der Waals surface area contributed by atoms with Crippen molar-refractivity contribution in [2.75, 3.05) is 0 Å². The second-order valence-corrected chi connectivity index (χ2v) is 9.03. The van der Waals surface area contributed by atoms with Gasteiger partial charge in [0.05, 0.1) is 5.92 Å². The smallest absolute Gasteiger partial charge is 0.312 e. The molecule has 3 heteroatoms. The Morgan fingerprint density at radius 1 is 0.792 bits per heavy atom. The lowest BCUT2D eigenvalue weighted by molar-refractivity contribution is -0.160. The molecule has 3 unspecified atom stereocenters. The predicted molar refractivity (Wildman–Crippen MR) is 94.4 cm³/mol. The van der Waals surface area contributed by atoms with Crippen LogP contribution in [0.1, 0.15) is 84.5 Å². The third-order valence-corrected chi connectivity index (χ3v) is 7.09. The average molecular weight is 339 g/mol. The molecule has 0 radical (unpaired) electrons. The second kappa shape index (κ2) is 8.19. The summed E-state index contributed by atoms with van der Waals surface area (Å²) in [4.78, 5) is 12.4. The Morgan fingerprint density at radius 2 is 1.33 bits per heavy atom. The maximum absolute atomic E-state index is 14.7. The summed E-state index contributed by atoms with van der Waals surface area (Å²) in [6.45, 7) is 4.58. The molecule has 2 nitrogen and oxygen atoms in total. The maximum atomic E-state index is 14.7. The summed E-state index contributed by atoms with van der Waals surface area (Å²) in [7, 11) is 0. The van der Waals surface area contributed by atoms with Crippen molar-refractivity contribution in [3.63, 3.8) is 0 Å². The van der Waals surface area contributed by atoms with E-state index in [1.54, 1.807) is 0 Å². The molecule has 0 aliphatic heterocycles. The Kier molecular flexibility index (Phi) is 6.21. The highest BCUT2D eigenvalue weighted by Crippen LogP contribution is 2.42. The van der Waals surface area contributed by atoms with Crippen LogP contribution >= 0.6 is 0 Å². The number of ether oxygens (including phenoxy) is 1. The minimum absolute atomic E-state index is 0.0402. The van der Waals surface area contributed by atoms with Crippen molar-refractivity contribution in [2.45, 2.75) is 96.8 Å². The normalized spacial score (nSPS) is 44.0. The van der Waals surface area contributed by atoms with Crippen molar-refractivity contribution in [2.24, 2.45) is 29.6 Å². The Morgan fingerprint density at radius 3 is 1.92 bits per heavy atom. The first kappa shape index (κ1) is 18.2. The van der Waals surface area contributed by atoms with Crippen LogP contribution in [0.25, 0.3) is 0 Å². The summed E-state index contributed by atoms with van der Waals surface area (Å²) in [5, 5.41) is 0. The molecule has 3 atom stereocenters. The first-order chi connectivity index (χ1) is 11.5. The first-order valence-electron chi connectivity index (χ1n) is 10.4. The zero-order valence-electron chi connectivity index (χ0n) is 15.5. The van der Waals surface area contributed by atoms with E-state index >= 15 is 0 Å². The molecule has 3 saturated carbocycles. The maximum Gasteiger partial charge on any atom is 0.312 e. The van der Waals surface area contributed by atoms with Crippen LogP contribution in [-0.2, 0) is 9.53 Å². The quantitative estimate of drug-likeness (QED) is 0.618. The molecule has 0 N–H and O–H groups in total. The van der Waals surface area contributed by atoms with Gasteiger partial charge in [0.15, 0.2) is 0 Å². The molecule has 0 aromatic carbocycles. The number of esters is 1. The van der Waals surface area contributed by atoms with Crippen molar-refractivity contribution in [3.8, 4) is 0 Å². The number of hydrogen-bond acceptors (Lipinski definition) is 2. The zero-order chi connectivity index (χ0) is 17.1. The number of rotatable bonds is 3. The Bertz CT molecular complexity index is 408. The van der Waals surface area contributed by atoms with Gasteiger partial charge in [-0.25, -0.2) is 4.39 Å². The van der Waals surface area contributed by atoms with Gasteiger partial charge in [-0.1, -0.05) is 26.7 Å². The Labute approximate surface area is 146 Å². The van der Waals surface area contributed by atoms with E-state index in [9.17, 15) is 9.18 Å². The fraction of sp³-hybridized carbons (Fsp3) is 0.952. The average Bonchev–Trinajstić information content (AvgIpc) is 2.57. The van der Waals surface area contributed by atoms with Gasteiger partial charge in [-0.05, 0) is 81.5 Å². The molecular formula is C21H35FO2. The van der Waals surface area contributed by atoms with Gasteiger partial charge >= 0.3 is 5.97 Å². The van der Waals surface area contributed by atoms with Crippen LogP contribution in [0, 0.1) is 29.6 Å². The van der Waals surface area contributed by atoms with Crippen LogP contribution in [0.5, 0.6) is 0 Å². The van der Waals surface area contributed by atoms with Gasteiger partial charge in [-0.15, -0.1) is 0 Å². The van der Waals surface area contributed by atoms with Gasteiger partial charge in [-0.3, -0.25) is 4.79 Å². The lowest BCUT2D eigenvalue weighted by Crippen LogP contribution is -2.38. The molecule has 0 spiro atoms. The standard InChI is InChI=1S/C21H35FO2/c1-14-3-7-16(8-4-14)17-9-12-19(20(22)13-17)21(23)24-18-10-5-15(2)6-11-18/h14-20H,3-13H2,1-2H3. The Hall–Kier alpha value is -0.600. The van der Waals surface area contributed by atoms with Crippen LogP contribution in [0.3, 0.4) is 0 Å². The molecule has 3 aliphatic rings. The topological polar surface area (TPSA) is 26.3 Å². The monoisotopic (exact) mass is 338 g/mol. The predicted octanol–water partition coefficient (Wildman–Crippen LogP) is 5.69. The van der Waals surface area contributed by atoms with Crippen LogP contribution in [0.15, 0.2) is 0 Å². The van der Waals surface area contributed by atoms with Crippen molar-refractivity contribution in [1.29, 1.82) is 0 Å². The van der Waals surface area contributed by atoms with E-state index in [1.165, 1.54) is 25.7 Å². The van der Waals surface area contributed by atoms with Crippen LogP contribution in [0.2, 0.25) is 0 Å². The summed E-state index contributed by atoms with van der Waals surface area (Å²) in [6, 6.07) is 0. The summed E-state index contributed by atoms with van der Waals surface area (Å²) in [5.74, 6) is 2.01. The van der Waals surface area contributed by atoms with Gasteiger partial charge in [0, 0.05) is 0 Å². The van der Waals surface area contributed by atoms with E-state index in [1.807, 2.05) is 0 Å². The van der Waals surface area contributed by atoms with E-state index in [0.29, 0.717) is 24.7 Å². The molecule has 0 aromatic rings. The molecular weight excluding hydrogens is 303 g/mol.